The summed E-state index contributed by atoms with van der Waals surface area (Å²) in [6.07, 6.45) is 10.2. The van der Waals surface area contributed by atoms with Crippen LogP contribution in [0.5, 0.6) is 5.75 Å². The van der Waals surface area contributed by atoms with Gasteiger partial charge in [-0.2, -0.15) is 21.4 Å². The molecule has 0 unspecified atom stereocenters. The smallest absolute Gasteiger partial charge is 0.298 e. The van der Waals surface area contributed by atoms with Crippen LogP contribution in [0, 0.1) is 0 Å². The Morgan fingerprint density at radius 3 is 2.23 bits per heavy atom. The number of para-hydroxylation sites is 1. The first-order valence-electron chi connectivity index (χ1n) is 14.3. The maximum absolute atomic E-state index is 11.4. The molecule has 2 aliphatic heterocycles. The van der Waals surface area contributed by atoms with E-state index in [-0.39, 0.29) is 29.8 Å². The summed E-state index contributed by atoms with van der Waals surface area (Å²) in [7, 11) is -8.17. The number of fused-ring (bicyclic) bond motifs is 2. The molecule has 0 fully saturated rings. The van der Waals surface area contributed by atoms with E-state index in [1.54, 1.807) is 12.1 Å². The number of hydrogen-bond acceptors (Lipinski definition) is 7. The van der Waals surface area contributed by atoms with Gasteiger partial charge in [0.2, 0.25) is 5.69 Å². The van der Waals surface area contributed by atoms with Gasteiger partial charge in [-0.25, -0.2) is 0 Å². The van der Waals surface area contributed by atoms with Crippen LogP contribution in [0.25, 0.3) is 0 Å². The zero-order chi connectivity index (χ0) is 32.3. The molecular formula is C32H39N2O8S2+. The van der Waals surface area contributed by atoms with Crippen LogP contribution in [0.1, 0.15) is 51.7 Å². The van der Waals surface area contributed by atoms with Gasteiger partial charge in [-0.3, -0.25) is 13.9 Å². The number of benzene rings is 2. The average molecular weight is 644 g/mol. The van der Waals surface area contributed by atoms with Gasteiger partial charge >= 0.3 is 0 Å². The van der Waals surface area contributed by atoms with Gasteiger partial charge in [-0.05, 0) is 50.1 Å². The molecule has 0 radical (unpaired) electrons. The van der Waals surface area contributed by atoms with Crippen LogP contribution in [0.4, 0.5) is 11.4 Å². The Labute approximate surface area is 259 Å². The van der Waals surface area contributed by atoms with E-state index in [0.717, 1.165) is 33.9 Å². The van der Waals surface area contributed by atoms with Crippen LogP contribution >= 0.6 is 0 Å². The molecule has 0 amide bonds. The van der Waals surface area contributed by atoms with Crippen molar-refractivity contribution in [1.82, 2.24) is 0 Å². The summed E-state index contributed by atoms with van der Waals surface area (Å²) in [5, 5.41) is 0. The Morgan fingerprint density at radius 2 is 1.55 bits per heavy atom. The fourth-order valence-corrected chi connectivity index (χ4v) is 7.06. The quantitative estimate of drug-likeness (QED) is 0.134. The van der Waals surface area contributed by atoms with Crippen LogP contribution in [0.3, 0.4) is 0 Å². The summed E-state index contributed by atoms with van der Waals surface area (Å²) in [4.78, 5) is 13.0. The summed E-state index contributed by atoms with van der Waals surface area (Å²) < 4.78 is 71.1. The van der Waals surface area contributed by atoms with Crippen molar-refractivity contribution in [3.05, 3.63) is 89.7 Å². The molecule has 2 aromatic carbocycles. The minimum atomic E-state index is -4.11. The van der Waals surface area contributed by atoms with Crippen molar-refractivity contribution in [2.75, 3.05) is 29.5 Å². The molecule has 44 heavy (non-hydrogen) atoms. The van der Waals surface area contributed by atoms with Gasteiger partial charge in [-0.1, -0.05) is 50.3 Å². The van der Waals surface area contributed by atoms with Crippen molar-refractivity contribution in [2.45, 2.75) is 51.4 Å². The molecule has 12 heteroatoms. The molecule has 0 bridgehead atoms. The highest BCUT2D eigenvalue weighted by molar-refractivity contribution is 7.86. The number of nitrogens with zero attached hydrogens (tertiary/aromatic N) is 2. The van der Waals surface area contributed by atoms with E-state index in [1.807, 2.05) is 73.4 Å². The molecule has 0 saturated carbocycles. The van der Waals surface area contributed by atoms with E-state index >= 15 is 0 Å². The Bertz CT molecular complexity index is 1770. The molecule has 4 rings (SSSR count). The van der Waals surface area contributed by atoms with Crippen molar-refractivity contribution in [3.8, 4) is 5.75 Å². The lowest BCUT2D eigenvalue weighted by molar-refractivity contribution is -0.437. The van der Waals surface area contributed by atoms with Gasteiger partial charge < -0.3 is 9.64 Å². The first-order chi connectivity index (χ1) is 20.6. The molecule has 2 N–H and O–H groups in total. The number of anilines is 1. The zero-order valence-electron chi connectivity index (χ0n) is 25.3. The lowest BCUT2D eigenvalue weighted by atomic mass is 9.81. The standard InChI is InChI=1S/C32H38N2O8S2/c1-31(2)25-12-8-9-13-27(25)33(18-10-20-43(36,37)38)29(31)14-6-5-7-15-30-32(3,4)26-22-24(42-23-35)16-17-28(26)34(30)19-11-21-44(39,40)41/h5-9,12-17,22-23H,10-11,18-21H2,1-4H3,(H-,36,37,38,39,40,41)/p+1. The Morgan fingerprint density at radius 1 is 0.864 bits per heavy atom. The number of rotatable bonds is 13. The fraction of sp³-hybridized carbons (Fsp3) is 0.375. The molecule has 0 aliphatic carbocycles. The van der Waals surface area contributed by atoms with Crippen molar-refractivity contribution in [2.24, 2.45) is 0 Å². The number of ether oxygens (including phenoxy) is 1. The topological polar surface area (TPSA) is 141 Å². The maximum Gasteiger partial charge on any atom is 0.298 e. The van der Waals surface area contributed by atoms with E-state index in [1.165, 1.54) is 0 Å². The third-order valence-electron chi connectivity index (χ3n) is 8.15. The van der Waals surface area contributed by atoms with Crippen LogP contribution in [0.15, 0.2) is 78.5 Å². The number of allylic oxidation sites excluding steroid dienone is 6. The second-order valence-corrected chi connectivity index (χ2v) is 15.1. The zero-order valence-corrected chi connectivity index (χ0v) is 26.9. The predicted molar refractivity (Wildman–Crippen MR) is 171 cm³/mol. The van der Waals surface area contributed by atoms with E-state index in [2.05, 4.69) is 24.5 Å². The van der Waals surface area contributed by atoms with Crippen LogP contribution in [0.2, 0.25) is 0 Å². The van der Waals surface area contributed by atoms with E-state index in [9.17, 15) is 30.7 Å². The van der Waals surface area contributed by atoms with Crippen LogP contribution in [-0.2, 0) is 35.9 Å². The van der Waals surface area contributed by atoms with E-state index in [4.69, 9.17) is 4.74 Å². The Balaban J connectivity index is 1.64. The highest BCUT2D eigenvalue weighted by Crippen LogP contribution is 2.49. The van der Waals surface area contributed by atoms with Gasteiger partial charge in [0.1, 0.15) is 12.3 Å². The Hall–Kier alpha value is -3.58. The molecular weight excluding hydrogens is 604 g/mol. The third-order valence-corrected chi connectivity index (χ3v) is 9.75. The highest BCUT2D eigenvalue weighted by atomic mass is 32.2. The van der Waals surface area contributed by atoms with Crippen molar-refractivity contribution < 1.29 is 40.0 Å². The number of hydrogen-bond donors (Lipinski definition) is 2. The van der Waals surface area contributed by atoms with Gasteiger partial charge in [0.05, 0.1) is 16.9 Å². The molecule has 0 spiro atoms. The van der Waals surface area contributed by atoms with Crippen molar-refractivity contribution in [3.63, 3.8) is 0 Å². The number of carbonyl (C=O) groups is 1. The van der Waals surface area contributed by atoms with Crippen LogP contribution in [-0.4, -0.2) is 67.3 Å². The summed E-state index contributed by atoms with van der Waals surface area (Å²) in [6, 6.07) is 13.3. The normalized spacial score (nSPS) is 18.4. The average Bonchev–Trinajstić information content (AvgIpc) is 3.26. The first kappa shape index (κ1) is 33.3. The Kier molecular flexibility index (Phi) is 9.69. The predicted octanol–water partition coefficient (Wildman–Crippen LogP) is 4.95. The first-order valence-corrected chi connectivity index (χ1v) is 17.5. The summed E-state index contributed by atoms with van der Waals surface area (Å²) >= 11 is 0. The molecule has 2 aliphatic rings. The maximum atomic E-state index is 11.4. The van der Waals surface area contributed by atoms with Crippen LogP contribution < -0.4 is 9.64 Å². The molecule has 0 atom stereocenters. The lowest BCUT2D eigenvalue weighted by Gasteiger charge is -2.26. The minimum Gasteiger partial charge on any atom is -0.429 e. The van der Waals surface area contributed by atoms with Gasteiger partial charge in [0, 0.05) is 47.5 Å². The fourth-order valence-electron chi connectivity index (χ4n) is 6.07. The van der Waals surface area contributed by atoms with E-state index in [0.29, 0.717) is 25.3 Å². The summed E-state index contributed by atoms with van der Waals surface area (Å²) in [5.41, 5.74) is 4.97. The molecule has 10 nitrogen and oxygen atoms in total. The minimum absolute atomic E-state index is 0.212. The van der Waals surface area contributed by atoms with Gasteiger partial charge in [0.25, 0.3) is 26.7 Å². The second-order valence-electron chi connectivity index (χ2n) is 11.9. The SMILES string of the molecule is CC1(C)C(/C=C/C=C/C=C2/N(CCCS(=O)(=O)O)c3ccc(OC=O)cc3C2(C)C)=[N+](CCCS(=O)(=O)O)c2ccccc21. The van der Waals surface area contributed by atoms with E-state index < -0.39 is 25.7 Å². The number of carbonyl (C=O) groups excluding carboxylic acids is 1. The van der Waals surface area contributed by atoms with Crippen molar-refractivity contribution in [1.29, 1.82) is 0 Å². The molecule has 2 aromatic rings. The summed E-state index contributed by atoms with van der Waals surface area (Å²) in [6.45, 7) is 9.45. The van der Waals surface area contributed by atoms with Gasteiger partial charge in [0.15, 0.2) is 5.71 Å². The largest absolute Gasteiger partial charge is 0.429 e. The molecule has 236 valence electrons. The molecule has 2 heterocycles. The molecule has 0 aromatic heterocycles. The van der Waals surface area contributed by atoms with Gasteiger partial charge in [-0.15, -0.1) is 0 Å². The monoisotopic (exact) mass is 643 g/mol. The molecule has 0 saturated heterocycles. The second kappa shape index (κ2) is 12.8. The lowest BCUT2D eigenvalue weighted by Crippen LogP contribution is -2.28. The van der Waals surface area contributed by atoms with Crippen molar-refractivity contribution >= 4 is 43.8 Å². The third kappa shape index (κ3) is 7.37. The summed E-state index contributed by atoms with van der Waals surface area (Å²) in [5.74, 6) is -0.282. The highest BCUT2D eigenvalue weighted by Gasteiger charge is 2.44.